The van der Waals surface area contributed by atoms with Gasteiger partial charge in [0.25, 0.3) is 0 Å². The smallest absolute Gasteiger partial charge is 0.175 e. The Hall–Kier alpha value is -1.86. The van der Waals surface area contributed by atoms with Crippen molar-refractivity contribution in [1.82, 2.24) is 9.78 Å². The average molecular weight is 309 g/mol. The fraction of sp³-hybridized carbons (Fsp3) is 0.357. The number of rotatable bonds is 5. The second kappa shape index (κ2) is 5.87. The van der Waals surface area contributed by atoms with Crippen molar-refractivity contribution in [2.45, 2.75) is 24.4 Å². The Labute approximate surface area is 124 Å². The van der Waals surface area contributed by atoms with Crippen molar-refractivity contribution in [3.05, 3.63) is 41.7 Å². The highest BCUT2D eigenvalue weighted by molar-refractivity contribution is 7.90. The standard InChI is InChI=1S/C14H19N3O3S/c1-4-17-14(12(20-2)9-16-17)13(15)10-5-7-11(8-6-10)21(3,18)19/h5-9,13H,4,15H2,1-3H3. The molecule has 1 aromatic carbocycles. The van der Waals surface area contributed by atoms with E-state index in [0.29, 0.717) is 12.3 Å². The molecule has 1 heterocycles. The number of nitrogens with zero attached hydrogens (tertiary/aromatic N) is 2. The van der Waals surface area contributed by atoms with E-state index >= 15 is 0 Å². The highest BCUT2D eigenvalue weighted by Gasteiger charge is 2.20. The van der Waals surface area contributed by atoms with E-state index in [-0.39, 0.29) is 4.90 Å². The van der Waals surface area contributed by atoms with Gasteiger partial charge in [-0.1, -0.05) is 12.1 Å². The van der Waals surface area contributed by atoms with Gasteiger partial charge in [0, 0.05) is 12.8 Å². The van der Waals surface area contributed by atoms with Crippen LogP contribution in [0.25, 0.3) is 0 Å². The van der Waals surface area contributed by atoms with Gasteiger partial charge < -0.3 is 10.5 Å². The molecule has 1 aromatic heterocycles. The monoisotopic (exact) mass is 309 g/mol. The van der Waals surface area contributed by atoms with Crippen LogP contribution in [0.15, 0.2) is 35.4 Å². The van der Waals surface area contributed by atoms with E-state index in [4.69, 9.17) is 10.5 Å². The lowest BCUT2D eigenvalue weighted by Crippen LogP contribution is -2.18. The number of aromatic nitrogens is 2. The summed E-state index contributed by atoms with van der Waals surface area (Å²) in [7, 11) is -1.64. The van der Waals surface area contributed by atoms with Crippen molar-refractivity contribution < 1.29 is 13.2 Å². The molecular weight excluding hydrogens is 290 g/mol. The minimum Gasteiger partial charge on any atom is -0.493 e. The summed E-state index contributed by atoms with van der Waals surface area (Å²) < 4.78 is 30.0. The van der Waals surface area contributed by atoms with Crippen molar-refractivity contribution in [2.75, 3.05) is 13.4 Å². The number of methoxy groups -OCH3 is 1. The molecular formula is C14H19N3O3S. The second-order valence-corrected chi connectivity index (χ2v) is 6.75. The first kappa shape index (κ1) is 15.5. The minimum atomic E-state index is -3.21. The van der Waals surface area contributed by atoms with Gasteiger partial charge in [0.15, 0.2) is 15.6 Å². The first-order valence-electron chi connectivity index (χ1n) is 6.53. The number of aryl methyl sites for hydroxylation is 1. The zero-order valence-corrected chi connectivity index (χ0v) is 13.1. The molecule has 0 saturated heterocycles. The van der Waals surface area contributed by atoms with E-state index in [1.165, 1.54) is 6.26 Å². The molecule has 6 nitrogen and oxygen atoms in total. The summed E-state index contributed by atoms with van der Waals surface area (Å²) in [6.45, 7) is 2.64. The maximum absolute atomic E-state index is 11.5. The molecule has 0 spiro atoms. The zero-order valence-electron chi connectivity index (χ0n) is 12.3. The summed E-state index contributed by atoms with van der Waals surface area (Å²) in [5, 5.41) is 4.22. The van der Waals surface area contributed by atoms with Crippen molar-refractivity contribution in [1.29, 1.82) is 0 Å². The topological polar surface area (TPSA) is 87.2 Å². The summed E-state index contributed by atoms with van der Waals surface area (Å²) >= 11 is 0. The van der Waals surface area contributed by atoms with Crippen LogP contribution in [0.4, 0.5) is 0 Å². The van der Waals surface area contributed by atoms with Gasteiger partial charge in [-0.05, 0) is 24.6 Å². The van der Waals surface area contributed by atoms with Crippen LogP contribution >= 0.6 is 0 Å². The third kappa shape index (κ3) is 3.08. The van der Waals surface area contributed by atoms with Gasteiger partial charge in [-0.15, -0.1) is 0 Å². The van der Waals surface area contributed by atoms with Crippen molar-refractivity contribution in [3.63, 3.8) is 0 Å². The summed E-state index contributed by atoms with van der Waals surface area (Å²) in [5.41, 5.74) is 7.85. The normalized spacial score (nSPS) is 13.1. The lowest BCUT2D eigenvalue weighted by Gasteiger charge is -2.16. The molecule has 2 N–H and O–H groups in total. The molecule has 0 aliphatic heterocycles. The van der Waals surface area contributed by atoms with Crippen LogP contribution in [-0.2, 0) is 16.4 Å². The van der Waals surface area contributed by atoms with E-state index in [1.54, 1.807) is 42.3 Å². The van der Waals surface area contributed by atoms with Gasteiger partial charge in [0.1, 0.15) is 5.69 Å². The minimum absolute atomic E-state index is 0.273. The summed E-state index contributed by atoms with van der Waals surface area (Å²) in [6.07, 6.45) is 2.81. The van der Waals surface area contributed by atoms with Crippen molar-refractivity contribution in [3.8, 4) is 5.75 Å². The SMILES string of the molecule is CCn1ncc(OC)c1C(N)c1ccc(S(C)(=O)=O)cc1. The first-order chi connectivity index (χ1) is 9.88. The Kier molecular flexibility index (Phi) is 4.34. The van der Waals surface area contributed by atoms with Gasteiger partial charge in [-0.2, -0.15) is 5.10 Å². The van der Waals surface area contributed by atoms with Crippen LogP contribution in [0, 0.1) is 0 Å². The lowest BCUT2D eigenvalue weighted by molar-refractivity contribution is 0.404. The maximum Gasteiger partial charge on any atom is 0.175 e. The lowest BCUT2D eigenvalue weighted by atomic mass is 10.0. The largest absolute Gasteiger partial charge is 0.493 e. The number of sulfone groups is 1. The molecule has 7 heteroatoms. The fourth-order valence-electron chi connectivity index (χ4n) is 2.18. The quantitative estimate of drug-likeness (QED) is 0.901. The number of ether oxygens (including phenoxy) is 1. The van der Waals surface area contributed by atoms with Gasteiger partial charge in [0.05, 0.1) is 24.2 Å². The van der Waals surface area contributed by atoms with Gasteiger partial charge in [-0.25, -0.2) is 8.42 Å². The maximum atomic E-state index is 11.5. The molecule has 0 aliphatic rings. The number of nitrogens with two attached hydrogens (primary N) is 1. The molecule has 114 valence electrons. The molecule has 0 bridgehead atoms. The van der Waals surface area contributed by atoms with Crippen LogP contribution in [0.3, 0.4) is 0 Å². The molecule has 21 heavy (non-hydrogen) atoms. The number of benzene rings is 1. The Morgan fingerprint density at radius 3 is 2.43 bits per heavy atom. The molecule has 0 radical (unpaired) electrons. The molecule has 0 aliphatic carbocycles. The second-order valence-electron chi connectivity index (χ2n) is 4.73. The van der Waals surface area contributed by atoms with E-state index < -0.39 is 15.9 Å². The predicted molar refractivity (Wildman–Crippen MR) is 80.0 cm³/mol. The van der Waals surface area contributed by atoms with Gasteiger partial charge in [0.2, 0.25) is 0 Å². The Morgan fingerprint density at radius 2 is 1.95 bits per heavy atom. The summed E-state index contributed by atoms with van der Waals surface area (Å²) in [4.78, 5) is 0.273. The highest BCUT2D eigenvalue weighted by Crippen LogP contribution is 2.28. The molecule has 1 atom stereocenters. The number of hydrogen-bond acceptors (Lipinski definition) is 5. The van der Waals surface area contributed by atoms with Gasteiger partial charge in [-0.3, -0.25) is 4.68 Å². The Morgan fingerprint density at radius 1 is 1.33 bits per heavy atom. The summed E-state index contributed by atoms with van der Waals surface area (Å²) in [6, 6.07) is 6.12. The molecule has 0 saturated carbocycles. The van der Waals surface area contributed by atoms with Crippen molar-refractivity contribution >= 4 is 9.84 Å². The van der Waals surface area contributed by atoms with Gasteiger partial charge >= 0.3 is 0 Å². The third-order valence-corrected chi connectivity index (χ3v) is 4.45. The van der Waals surface area contributed by atoms with E-state index in [0.717, 1.165) is 11.3 Å². The molecule has 0 fully saturated rings. The Bertz CT molecular complexity index is 699. The van der Waals surface area contributed by atoms with E-state index in [1.807, 2.05) is 6.92 Å². The predicted octanol–water partition coefficient (Wildman–Crippen LogP) is 1.36. The molecule has 2 rings (SSSR count). The fourth-order valence-corrected chi connectivity index (χ4v) is 2.81. The van der Waals surface area contributed by atoms with E-state index in [2.05, 4.69) is 5.10 Å². The molecule has 1 unspecified atom stereocenters. The highest BCUT2D eigenvalue weighted by atomic mass is 32.2. The van der Waals surface area contributed by atoms with Crippen LogP contribution in [-0.4, -0.2) is 31.6 Å². The first-order valence-corrected chi connectivity index (χ1v) is 8.43. The van der Waals surface area contributed by atoms with E-state index in [9.17, 15) is 8.42 Å². The summed E-state index contributed by atoms with van der Waals surface area (Å²) in [5.74, 6) is 0.622. The van der Waals surface area contributed by atoms with Crippen molar-refractivity contribution in [2.24, 2.45) is 5.73 Å². The molecule has 0 amide bonds. The molecule has 2 aromatic rings. The van der Waals surface area contributed by atoms with Crippen LogP contribution in [0.5, 0.6) is 5.75 Å². The van der Waals surface area contributed by atoms with Crippen LogP contribution < -0.4 is 10.5 Å². The van der Waals surface area contributed by atoms with Crippen LogP contribution in [0.1, 0.15) is 24.2 Å². The zero-order chi connectivity index (χ0) is 15.6. The van der Waals surface area contributed by atoms with Crippen LogP contribution in [0.2, 0.25) is 0 Å². The Balaban J connectivity index is 2.40. The average Bonchev–Trinajstić information content (AvgIpc) is 2.88. The number of hydrogen-bond donors (Lipinski definition) is 1. The third-order valence-electron chi connectivity index (χ3n) is 3.33.